The molecule has 2 unspecified atom stereocenters. The first kappa shape index (κ1) is 14.0. The molecule has 0 radical (unpaired) electrons. The molecular formula is C12H17F2NO2. The minimum Gasteiger partial charge on any atom is -0.395 e. The van der Waals surface area contributed by atoms with E-state index < -0.39 is 11.6 Å². The van der Waals surface area contributed by atoms with E-state index in [1.165, 1.54) is 19.2 Å². The van der Waals surface area contributed by atoms with Crippen LogP contribution in [0.1, 0.15) is 18.5 Å². The Labute approximate surface area is 99.4 Å². The van der Waals surface area contributed by atoms with Crippen LogP contribution in [0.4, 0.5) is 8.78 Å². The first-order valence-corrected chi connectivity index (χ1v) is 5.39. The Morgan fingerprint density at radius 2 is 2.12 bits per heavy atom. The molecule has 0 amide bonds. The summed E-state index contributed by atoms with van der Waals surface area (Å²) < 4.78 is 31.1. The highest BCUT2D eigenvalue weighted by molar-refractivity contribution is 5.21. The molecule has 0 heterocycles. The lowest BCUT2D eigenvalue weighted by Gasteiger charge is -2.21. The van der Waals surface area contributed by atoms with Crippen LogP contribution in [0, 0.1) is 11.6 Å². The summed E-state index contributed by atoms with van der Waals surface area (Å²) in [6.07, 6.45) is 0. The van der Waals surface area contributed by atoms with Gasteiger partial charge in [0.25, 0.3) is 0 Å². The lowest BCUT2D eigenvalue weighted by atomic mass is 10.1. The average molecular weight is 245 g/mol. The van der Waals surface area contributed by atoms with E-state index in [4.69, 9.17) is 9.84 Å². The summed E-state index contributed by atoms with van der Waals surface area (Å²) in [5.74, 6) is -1.20. The predicted molar refractivity (Wildman–Crippen MR) is 60.7 cm³/mol. The molecule has 0 saturated heterocycles. The third-order valence-corrected chi connectivity index (χ3v) is 2.50. The predicted octanol–water partition coefficient (Wildman–Crippen LogP) is 1.62. The first-order valence-electron chi connectivity index (χ1n) is 5.39. The van der Waals surface area contributed by atoms with Crippen molar-refractivity contribution in [3.8, 4) is 0 Å². The van der Waals surface area contributed by atoms with Crippen molar-refractivity contribution in [1.29, 1.82) is 0 Å². The topological polar surface area (TPSA) is 41.5 Å². The molecule has 5 heteroatoms. The number of aliphatic hydroxyl groups excluding tert-OH is 1. The summed E-state index contributed by atoms with van der Waals surface area (Å²) in [7, 11) is 1.52. The molecule has 0 spiro atoms. The molecule has 1 aromatic carbocycles. The van der Waals surface area contributed by atoms with Gasteiger partial charge in [0.05, 0.1) is 19.3 Å². The van der Waals surface area contributed by atoms with Gasteiger partial charge in [0.1, 0.15) is 11.6 Å². The molecule has 0 aliphatic heterocycles. The normalized spacial score (nSPS) is 14.6. The Morgan fingerprint density at radius 3 is 2.65 bits per heavy atom. The van der Waals surface area contributed by atoms with Gasteiger partial charge in [-0.15, -0.1) is 0 Å². The van der Waals surface area contributed by atoms with Gasteiger partial charge in [0.2, 0.25) is 0 Å². The van der Waals surface area contributed by atoms with Crippen molar-refractivity contribution in [1.82, 2.24) is 5.32 Å². The van der Waals surface area contributed by atoms with Crippen LogP contribution in [0.25, 0.3) is 0 Å². The zero-order valence-electron chi connectivity index (χ0n) is 9.91. The molecule has 3 nitrogen and oxygen atoms in total. The number of halogens is 2. The van der Waals surface area contributed by atoms with Gasteiger partial charge in [-0.1, -0.05) is 6.07 Å². The van der Waals surface area contributed by atoms with Gasteiger partial charge < -0.3 is 15.2 Å². The molecule has 0 fully saturated rings. The summed E-state index contributed by atoms with van der Waals surface area (Å²) >= 11 is 0. The standard InChI is InChI=1S/C12H17F2NO2/c1-8(15-10(6-16)7-17-2)11-4-3-9(13)5-12(11)14/h3-5,8,10,15-16H,6-7H2,1-2H3. The van der Waals surface area contributed by atoms with Crippen LogP contribution in [0.2, 0.25) is 0 Å². The molecule has 0 saturated carbocycles. The molecule has 0 aromatic heterocycles. The number of rotatable bonds is 6. The number of hydrogen-bond donors (Lipinski definition) is 2. The van der Waals surface area contributed by atoms with E-state index in [1.807, 2.05) is 0 Å². The van der Waals surface area contributed by atoms with Crippen LogP contribution < -0.4 is 5.32 Å². The second kappa shape index (κ2) is 6.64. The van der Waals surface area contributed by atoms with Crippen molar-refractivity contribution in [3.63, 3.8) is 0 Å². The smallest absolute Gasteiger partial charge is 0.130 e. The van der Waals surface area contributed by atoms with Gasteiger partial charge in [0.15, 0.2) is 0 Å². The summed E-state index contributed by atoms with van der Waals surface area (Å²) in [6.45, 7) is 1.96. The highest BCUT2D eigenvalue weighted by atomic mass is 19.1. The van der Waals surface area contributed by atoms with Crippen LogP contribution in [-0.2, 0) is 4.74 Å². The van der Waals surface area contributed by atoms with Crippen molar-refractivity contribution >= 4 is 0 Å². The van der Waals surface area contributed by atoms with Gasteiger partial charge in [-0.3, -0.25) is 0 Å². The van der Waals surface area contributed by atoms with E-state index in [2.05, 4.69) is 5.32 Å². The van der Waals surface area contributed by atoms with E-state index in [9.17, 15) is 8.78 Å². The van der Waals surface area contributed by atoms with E-state index in [-0.39, 0.29) is 18.7 Å². The van der Waals surface area contributed by atoms with Crippen LogP contribution >= 0.6 is 0 Å². The van der Waals surface area contributed by atoms with E-state index in [0.717, 1.165) is 6.07 Å². The van der Waals surface area contributed by atoms with E-state index in [0.29, 0.717) is 12.2 Å². The number of hydrogen-bond acceptors (Lipinski definition) is 3. The van der Waals surface area contributed by atoms with Crippen molar-refractivity contribution in [2.24, 2.45) is 0 Å². The van der Waals surface area contributed by atoms with Crippen LogP contribution in [0.3, 0.4) is 0 Å². The van der Waals surface area contributed by atoms with Gasteiger partial charge in [-0.05, 0) is 13.0 Å². The summed E-state index contributed by atoms with van der Waals surface area (Å²) in [5, 5.41) is 12.1. The molecule has 2 N–H and O–H groups in total. The van der Waals surface area contributed by atoms with Crippen LogP contribution in [0.15, 0.2) is 18.2 Å². The molecule has 1 rings (SSSR count). The Hall–Kier alpha value is -1.04. The maximum absolute atomic E-state index is 13.5. The first-order chi connectivity index (χ1) is 8.08. The quantitative estimate of drug-likeness (QED) is 0.800. The third-order valence-electron chi connectivity index (χ3n) is 2.50. The average Bonchev–Trinajstić information content (AvgIpc) is 2.28. The van der Waals surface area contributed by atoms with Gasteiger partial charge in [0, 0.05) is 24.8 Å². The second-order valence-corrected chi connectivity index (χ2v) is 3.89. The van der Waals surface area contributed by atoms with E-state index in [1.54, 1.807) is 6.92 Å². The zero-order valence-corrected chi connectivity index (χ0v) is 9.91. The fraction of sp³-hybridized carbons (Fsp3) is 0.500. The molecule has 2 atom stereocenters. The van der Waals surface area contributed by atoms with Gasteiger partial charge in [-0.25, -0.2) is 8.78 Å². The number of nitrogens with one attached hydrogen (secondary N) is 1. The van der Waals surface area contributed by atoms with Gasteiger partial charge in [-0.2, -0.15) is 0 Å². The molecule has 17 heavy (non-hydrogen) atoms. The fourth-order valence-corrected chi connectivity index (χ4v) is 1.65. The molecule has 1 aromatic rings. The van der Waals surface area contributed by atoms with Crippen molar-refractivity contribution in [3.05, 3.63) is 35.4 Å². The molecule has 0 bridgehead atoms. The van der Waals surface area contributed by atoms with Crippen LogP contribution in [-0.4, -0.2) is 31.5 Å². The van der Waals surface area contributed by atoms with Crippen molar-refractivity contribution in [2.45, 2.75) is 19.0 Å². The number of ether oxygens (including phenoxy) is 1. The largest absolute Gasteiger partial charge is 0.395 e. The molecule has 96 valence electrons. The summed E-state index contributed by atoms with van der Waals surface area (Å²) in [4.78, 5) is 0. The lowest BCUT2D eigenvalue weighted by Crippen LogP contribution is -2.38. The Balaban J connectivity index is 2.71. The number of methoxy groups -OCH3 is 1. The maximum atomic E-state index is 13.5. The number of aliphatic hydroxyl groups is 1. The lowest BCUT2D eigenvalue weighted by molar-refractivity contribution is 0.123. The highest BCUT2D eigenvalue weighted by Gasteiger charge is 2.15. The number of benzene rings is 1. The Bertz CT molecular complexity index is 360. The maximum Gasteiger partial charge on any atom is 0.130 e. The van der Waals surface area contributed by atoms with E-state index >= 15 is 0 Å². The summed E-state index contributed by atoms with van der Waals surface area (Å²) in [5.41, 5.74) is 0.362. The molecule has 0 aliphatic carbocycles. The third kappa shape index (κ3) is 4.03. The fourth-order valence-electron chi connectivity index (χ4n) is 1.65. The minimum atomic E-state index is -0.603. The van der Waals surface area contributed by atoms with Crippen molar-refractivity contribution < 1.29 is 18.6 Å². The second-order valence-electron chi connectivity index (χ2n) is 3.89. The monoisotopic (exact) mass is 245 g/mol. The Kier molecular flexibility index (Phi) is 5.47. The zero-order chi connectivity index (χ0) is 12.8. The summed E-state index contributed by atoms with van der Waals surface area (Å²) in [6, 6.07) is 2.84. The van der Waals surface area contributed by atoms with Crippen LogP contribution in [0.5, 0.6) is 0 Å². The Morgan fingerprint density at radius 1 is 1.41 bits per heavy atom. The minimum absolute atomic E-state index is 0.110. The van der Waals surface area contributed by atoms with Crippen molar-refractivity contribution in [2.75, 3.05) is 20.3 Å². The highest BCUT2D eigenvalue weighted by Crippen LogP contribution is 2.18. The molecular weight excluding hydrogens is 228 g/mol. The molecule has 0 aliphatic rings. The van der Waals surface area contributed by atoms with Gasteiger partial charge >= 0.3 is 0 Å². The SMILES string of the molecule is COCC(CO)NC(C)c1ccc(F)cc1F.